The van der Waals surface area contributed by atoms with E-state index in [0.29, 0.717) is 40.5 Å². The number of halogens is 1. The number of hydrogen-bond acceptors (Lipinski definition) is 5. The molecule has 0 saturated heterocycles. The molecule has 7 heteroatoms. The highest BCUT2D eigenvalue weighted by Crippen LogP contribution is 2.34. The second-order valence-corrected chi connectivity index (χ2v) is 9.14. The maximum Gasteiger partial charge on any atom is 0.307 e. The monoisotopic (exact) mass is 464 g/mol. The number of thioether (sulfide) groups is 1. The van der Waals surface area contributed by atoms with E-state index in [9.17, 15) is 14.7 Å². The van der Waals surface area contributed by atoms with Crippen LogP contribution in [0.4, 0.5) is 0 Å². The zero-order valence-corrected chi connectivity index (χ0v) is 19.7. The third-order valence-corrected chi connectivity index (χ3v) is 6.27. The van der Waals surface area contributed by atoms with Gasteiger partial charge in [-0.05, 0) is 42.7 Å². The quantitative estimate of drug-likeness (QED) is 0.227. The molecule has 0 fully saturated rings. The summed E-state index contributed by atoms with van der Waals surface area (Å²) < 4.78 is 5.91. The fourth-order valence-electron chi connectivity index (χ4n) is 3.12. The summed E-state index contributed by atoms with van der Waals surface area (Å²) in [6.07, 6.45) is 2.17. The molecule has 0 saturated carbocycles. The number of Topliss-reactive ketones (excluding diaryl/α,β-unsaturated/α-hetero) is 1. The normalized spacial score (nSPS) is 11.0. The summed E-state index contributed by atoms with van der Waals surface area (Å²) in [5.74, 6) is 0.264. The number of ether oxygens (including phenoxy) is 1. The summed E-state index contributed by atoms with van der Waals surface area (Å²) >= 11 is 7.84. The third-order valence-electron chi connectivity index (χ3n) is 4.69. The highest BCUT2D eigenvalue weighted by molar-refractivity contribution is 7.99. The first kappa shape index (κ1) is 25.1. The lowest BCUT2D eigenvalue weighted by Gasteiger charge is -2.16. The number of benzene rings is 2. The first-order valence-electron chi connectivity index (χ1n) is 10.4. The van der Waals surface area contributed by atoms with Gasteiger partial charge in [-0.25, -0.2) is 0 Å². The molecular formula is C24H29ClO5S. The van der Waals surface area contributed by atoms with Gasteiger partial charge in [-0.3, -0.25) is 9.59 Å². The van der Waals surface area contributed by atoms with Crippen molar-refractivity contribution in [2.45, 2.75) is 51.3 Å². The zero-order chi connectivity index (χ0) is 23.0. The van der Waals surface area contributed by atoms with Crippen LogP contribution in [-0.4, -0.2) is 34.3 Å². The van der Waals surface area contributed by atoms with Crippen molar-refractivity contribution < 1.29 is 24.5 Å². The van der Waals surface area contributed by atoms with Crippen LogP contribution < -0.4 is 4.74 Å². The summed E-state index contributed by atoms with van der Waals surface area (Å²) in [5.41, 5.74) is 1.70. The number of carboxylic acid groups (broad SMARTS) is 1. The standard InChI is InChI=1S/C24H29ClO5S/c1-4-6-17-20(9-8-18(24(17)29)23(28)15(2)3)30-11-5-12-31-21-10-7-16(13-19(21)25)14-22(26)27/h7-10,13,15,29H,4-6,11-12,14H2,1-3H3,(H,26,27). The lowest BCUT2D eigenvalue weighted by atomic mass is 9.96. The fourth-order valence-corrected chi connectivity index (χ4v) is 4.33. The Morgan fingerprint density at radius 2 is 1.94 bits per heavy atom. The van der Waals surface area contributed by atoms with Crippen molar-refractivity contribution in [2.24, 2.45) is 5.92 Å². The van der Waals surface area contributed by atoms with Gasteiger partial charge in [0.1, 0.15) is 11.5 Å². The lowest BCUT2D eigenvalue weighted by molar-refractivity contribution is -0.136. The van der Waals surface area contributed by atoms with Gasteiger partial charge in [-0.15, -0.1) is 11.8 Å². The highest BCUT2D eigenvalue weighted by atomic mass is 35.5. The Morgan fingerprint density at radius 1 is 1.19 bits per heavy atom. The van der Waals surface area contributed by atoms with Gasteiger partial charge in [-0.2, -0.15) is 0 Å². The fraction of sp³-hybridized carbons (Fsp3) is 0.417. The van der Waals surface area contributed by atoms with Gasteiger partial charge in [0.15, 0.2) is 5.78 Å². The van der Waals surface area contributed by atoms with Crippen LogP contribution in [0.15, 0.2) is 35.2 Å². The molecule has 0 aliphatic carbocycles. The summed E-state index contributed by atoms with van der Waals surface area (Å²) in [6, 6.07) is 8.71. The first-order valence-corrected chi connectivity index (χ1v) is 11.8. The number of aromatic hydroxyl groups is 1. The van der Waals surface area contributed by atoms with Crippen molar-refractivity contribution in [3.8, 4) is 11.5 Å². The van der Waals surface area contributed by atoms with Crippen molar-refractivity contribution >= 4 is 35.1 Å². The SMILES string of the molecule is CCCc1c(OCCCSc2ccc(CC(=O)O)cc2Cl)ccc(C(=O)C(C)C)c1O. The average molecular weight is 465 g/mol. The van der Waals surface area contributed by atoms with Gasteiger partial charge in [0.25, 0.3) is 0 Å². The molecule has 0 spiro atoms. The molecule has 0 aromatic heterocycles. The maximum absolute atomic E-state index is 12.3. The van der Waals surface area contributed by atoms with E-state index in [0.717, 1.165) is 23.5 Å². The molecule has 0 bridgehead atoms. The number of aliphatic carboxylic acids is 1. The van der Waals surface area contributed by atoms with Crippen molar-refractivity contribution in [3.63, 3.8) is 0 Å². The topological polar surface area (TPSA) is 83.8 Å². The van der Waals surface area contributed by atoms with Crippen LogP contribution in [0.5, 0.6) is 11.5 Å². The van der Waals surface area contributed by atoms with Crippen LogP contribution in [0.1, 0.15) is 55.1 Å². The molecule has 5 nitrogen and oxygen atoms in total. The van der Waals surface area contributed by atoms with Gasteiger partial charge < -0.3 is 14.9 Å². The summed E-state index contributed by atoms with van der Waals surface area (Å²) in [6.45, 7) is 6.11. The molecular weight excluding hydrogens is 436 g/mol. The number of carbonyl (C=O) groups excluding carboxylic acids is 1. The van der Waals surface area contributed by atoms with E-state index in [-0.39, 0.29) is 23.9 Å². The molecule has 2 N–H and O–H groups in total. The number of ketones is 1. The second kappa shape index (κ2) is 12.0. The van der Waals surface area contributed by atoms with E-state index in [4.69, 9.17) is 21.4 Å². The Hall–Kier alpha value is -2.18. The molecule has 0 amide bonds. The van der Waals surface area contributed by atoms with E-state index in [1.165, 1.54) is 0 Å². The number of carboxylic acids is 1. The molecule has 2 rings (SSSR count). The van der Waals surface area contributed by atoms with E-state index in [1.807, 2.05) is 26.8 Å². The largest absolute Gasteiger partial charge is 0.507 e. The number of hydrogen-bond donors (Lipinski definition) is 2. The van der Waals surface area contributed by atoms with Crippen molar-refractivity contribution in [1.29, 1.82) is 0 Å². The van der Waals surface area contributed by atoms with Crippen LogP contribution in [0.25, 0.3) is 0 Å². The number of carbonyl (C=O) groups is 2. The summed E-state index contributed by atoms with van der Waals surface area (Å²) in [7, 11) is 0. The average Bonchev–Trinajstić information content (AvgIpc) is 2.70. The molecule has 31 heavy (non-hydrogen) atoms. The highest BCUT2D eigenvalue weighted by Gasteiger charge is 2.20. The van der Waals surface area contributed by atoms with E-state index < -0.39 is 5.97 Å². The molecule has 0 aliphatic rings. The minimum atomic E-state index is -0.885. The molecule has 0 aliphatic heterocycles. The van der Waals surface area contributed by atoms with Crippen molar-refractivity contribution in [2.75, 3.05) is 12.4 Å². The third kappa shape index (κ3) is 7.18. The van der Waals surface area contributed by atoms with Gasteiger partial charge in [-0.1, -0.05) is 44.9 Å². The van der Waals surface area contributed by atoms with Crippen LogP contribution in [0.3, 0.4) is 0 Å². The van der Waals surface area contributed by atoms with Crippen LogP contribution in [-0.2, 0) is 17.6 Å². The van der Waals surface area contributed by atoms with Crippen LogP contribution >= 0.6 is 23.4 Å². The van der Waals surface area contributed by atoms with Crippen molar-refractivity contribution in [1.82, 2.24) is 0 Å². The summed E-state index contributed by atoms with van der Waals surface area (Å²) in [4.78, 5) is 24.0. The Morgan fingerprint density at radius 3 is 2.55 bits per heavy atom. The Labute approximate surface area is 192 Å². The van der Waals surface area contributed by atoms with Gasteiger partial charge in [0.2, 0.25) is 0 Å². The molecule has 0 heterocycles. The number of phenolic OH excluding ortho intramolecular Hbond substituents is 1. The van der Waals surface area contributed by atoms with Crippen LogP contribution in [0, 0.1) is 5.92 Å². The minimum Gasteiger partial charge on any atom is -0.507 e. The van der Waals surface area contributed by atoms with Gasteiger partial charge in [0.05, 0.1) is 23.6 Å². The van der Waals surface area contributed by atoms with E-state index in [2.05, 4.69) is 0 Å². The predicted molar refractivity (Wildman–Crippen MR) is 125 cm³/mol. The summed E-state index contributed by atoms with van der Waals surface area (Å²) in [5, 5.41) is 20.0. The first-order chi connectivity index (χ1) is 14.7. The Balaban J connectivity index is 1.94. The number of phenols is 1. The van der Waals surface area contributed by atoms with Crippen LogP contribution in [0.2, 0.25) is 5.02 Å². The lowest BCUT2D eigenvalue weighted by Crippen LogP contribution is -2.10. The second-order valence-electron chi connectivity index (χ2n) is 7.59. The Kier molecular flexibility index (Phi) is 9.72. The minimum absolute atomic E-state index is 0.0284. The van der Waals surface area contributed by atoms with Gasteiger partial charge >= 0.3 is 5.97 Å². The predicted octanol–water partition coefficient (Wildman–Crippen LogP) is 6.03. The molecule has 168 valence electrons. The van der Waals surface area contributed by atoms with Gasteiger partial charge in [0, 0.05) is 22.1 Å². The smallest absolute Gasteiger partial charge is 0.307 e. The Bertz CT molecular complexity index is 926. The van der Waals surface area contributed by atoms with Crippen molar-refractivity contribution in [3.05, 3.63) is 52.0 Å². The zero-order valence-electron chi connectivity index (χ0n) is 18.1. The molecule has 0 atom stereocenters. The van der Waals surface area contributed by atoms with E-state index >= 15 is 0 Å². The molecule has 2 aromatic carbocycles. The molecule has 0 radical (unpaired) electrons. The molecule has 2 aromatic rings. The van der Waals surface area contributed by atoms with E-state index in [1.54, 1.807) is 36.0 Å². The molecule has 0 unspecified atom stereocenters. The maximum atomic E-state index is 12.3. The number of rotatable bonds is 12.